The van der Waals surface area contributed by atoms with Crippen molar-refractivity contribution in [3.05, 3.63) is 84.4 Å². The van der Waals surface area contributed by atoms with Crippen molar-refractivity contribution in [1.29, 1.82) is 0 Å². The number of urea groups is 1. The van der Waals surface area contributed by atoms with Gasteiger partial charge >= 0.3 is 6.03 Å². The smallest absolute Gasteiger partial charge is 0.319 e. The predicted octanol–water partition coefficient (Wildman–Crippen LogP) is 4.92. The first-order chi connectivity index (χ1) is 15.5. The summed E-state index contributed by atoms with van der Waals surface area (Å²) in [5.74, 6) is -0.251. The van der Waals surface area contributed by atoms with Crippen molar-refractivity contribution in [2.24, 2.45) is 5.73 Å². The molecule has 0 aliphatic carbocycles. The van der Waals surface area contributed by atoms with E-state index in [-0.39, 0.29) is 5.91 Å². The Balaban J connectivity index is 1.65. The van der Waals surface area contributed by atoms with E-state index in [1.807, 2.05) is 85.8 Å². The van der Waals surface area contributed by atoms with Crippen molar-refractivity contribution in [2.75, 3.05) is 17.2 Å². The maximum atomic E-state index is 12.8. The van der Waals surface area contributed by atoms with Gasteiger partial charge in [0.1, 0.15) is 6.04 Å². The molecule has 0 unspecified atom stereocenters. The summed E-state index contributed by atoms with van der Waals surface area (Å²) in [4.78, 5) is 25.5. The fourth-order valence-electron chi connectivity index (χ4n) is 3.36. The van der Waals surface area contributed by atoms with Gasteiger partial charge in [0.25, 0.3) is 0 Å². The average molecular weight is 431 g/mol. The number of hydrogen-bond donors (Lipinski definition) is 4. The van der Waals surface area contributed by atoms with Gasteiger partial charge in [-0.25, -0.2) is 4.79 Å². The van der Waals surface area contributed by atoms with E-state index in [4.69, 9.17) is 5.73 Å². The Morgan fingerprint density at radius 2 is 1.53 bits per heavy atom. The molecule has 6 heteroatoms. The Morgan fingerprint density at radius 3 is 2.25 bits per heavy atom. The van der Waals surface area contributed by atoms with E-state index in [2.05, 4.69) is 16.0 Å². The minimum Gasteiger partial charge on any atom is -0.330 e. The molecule has 1 atom stereocenters. The summed E-state index contributed by atoms with van der Waals surface area (Å²) >= 11 is 0. The molecule has 0 radical (unpaired) electrons. The third kappa shape index (κ3) is 6.96. The van der Waals surface area contributed by atoms with Crippen LogP contribution in [0, 0.1) is 6.92 Å². The number of amides is 3. The Kier molecular flexibility index (Phi) is 8.40. The molecule has 32 heavy (non-hydrogen) atoms. The van der Waals surface area contributed by atoms with Crippen molar-refractivity contribution in [1.82, 2.24) is 5.32 Å². The van der Waals surface area contributed by atoms with E-state index in [9.17, 15) is 9.59 Å². The molecule has 0 heterocycles. The van der Waals surface area contributed by atoms with Gasteiger partial charge in [-0.15, -0.1) is 0 Å². The van der Waals surface area contributed by atoms with Crippen LogP contribution < -0.4 is 21.7 Å². The highest BCUT2D eigenvalue weighted by molar-refractivity contribution is 5.99. The van der Waals surface area contributed by atoms with Crippen LogP contribution in [0.4, 0.5) is 16.2 Å². The van der Waals surface area contributed by atoms with Crippen molar-refractivity contribution < 1.29 is 9.59 Å². The molecule has 0 spiro atoms. The van der Waals surface area contributed by atoms with Crippen LogP contribution in [-0.4, -0.2) is 24.5 Å². The summed E-state index contributed by atoms with van der Waals surface area (Å²) in [6.45, 7) is 2.53. The van der Waals surface area contributed by atoms with E-state index in [0.29, 0.717) is 24.3 Å². The Morgan fingerprint density at radius 1 is 0.812 bits per heavy atom. The van der Waals surface area contributed by atoms with Crippen LogP contribution in [-0.2, 0) is 4.79 Å². The standard InChI is InChI=1S/C26H30N4O2/c1-19-13-15-22(16-14-19)28-25(31)24(12-5-6-17-27)30-26(32)29-23-11-7-10-21(18-23)20-8-3-2-4-9-20/h2-4,7-11,13-16,18,24H,5-6,12,17,27H2,1H3,(H,28,31)(H2,29,30,32)/t24-/m0/s1. The van der Waals surface area contributed by atoms with Gasteiger partial charge in [-0.1, -0.05) is 60.2 Å². The van der Waals surface area contributed by atoms with Gasteiger partial charge in [0, 0.05) is 11.4 Å². The molecule has 3 amide bonds. The molecule has 0 aromatic heterocycles. The number of carbonyl (C=O) groups excluding carboxylic acids is 2. The molecular weight excluding hydrogens is 400 g/mol. The molecule has 6 nitrogen and oxygen atoms in total. The van der Waals surface area contributed by atoms with Crippen LogP contribution in [0.5, 0.6) is 0 Å². The maximum Gasteiger partial charge on any atom is 0.319 e. The summed E-state index contributed by atoms with van der Waals surface area (Å²) in [5.41, 5.74) is 10.1. The third-order valence-corrected chi connectivity index (χ3v) is 5.12. The molecular formula is C26H30N4O2. The third-order valence-electron chi connectivity index (χ3n) is 5.12. The number of hydrogen-bond acceptors (Lipinski definition) is 3. The fraction of sp³-hybridized carbons (Fsp3) is 0.231. The Labute approximate surface area is 189 Å². The van der Waals surface area contributed by atoms with Gasteiger partial charge in [0.2, 0.25) is 5.91 Å². The normalized spacial score (nSPS) is 11.4. The number of unbranched alkanes of at least 4 members (excludes halogenated alkanes) is 1. The lowest BCUT2D eigenvalue weighted by molar-refractivity contribution is -0.118. The van der Waals surface area contributed by atoms with Crippen molar-refractivity contribution in [2.45, 2.75) is 32.2 Å². The number of carbonyl (C=O) groups is 2. The molecule has 0 bridgehead atoms. The van der Waals surface area contributed by atoms with Crippen LogP contribution in [0.1, 0.15) is 24.8 Å². The van der Waals surface area contributed by atoms with Gasteiger partial charge in [0.05, 0.1) is 0 Å². The van der Waals surface area contributed by atoms with Crippen LogP contribution in [0.25, 0.3) is 11.1 Å². The highest BCUT2D eigenvalue weighted by Gasteiger charge is 2.20. The van der Waals surface area contributed by atoms with Crippen LogP contribution in [0.2, 0.25) is 0 Å². The second-order valence-electron chi connectivity index (χ2n) is 7.74. The second kappa shape index (κ2) is 11.7. The lowest BCUT2D eigenvalue weighted by atomic mass is 10.1. The summed E-state index contributed by atoms with van der Waals surface area (Å²) < 4.78 is 0. The van der Waals surface area contributed by atoms with Crippen LogP contribution in [0.3, 0.4) is 0 Å². The number of nitrogens with one attached hydrogen (secondary N) is 3. The number of rotatable bonds is 9. The number of anilines is 2. The first-order valence-corrected chi connectivity index (χ1v) is 10.9. The summed E-state index contributed by atoms with van der Waals surface area (Å²) in [7, 11) is 0. The van der Waals surface area contributed by atoms with Crippen LogP contribution >= 0.6 is 0 Å². The van der Waals surface area contributed by atoms with Crippen molar-refractivity contribution in [3.8, 4) is 11.1 Å². The first-order valence-electron chi connectivity index (χ1n) is 10.9. The minimum absolute atomic E-state index is 0.251. The topological polar surface area (TPSA) is 96.2 Å². The number of nitrogens with two attached hydrogens (primary N) is 1. The zero-order valence-corrected chi connectivity index (χ0v) is 18.3. The van der Waals surface area contributed by atoms with Gasteiger partial charge in [0.15, 0.2) is 0 Å². The maximum absolute atomic E-state index is 12.8. The fourth-order valence-corrected chi connectivity index (χ4v) is 3.36. The molecule has 0 saturated carbocycles. The highest BCUT2D eigenvalue weighted by atomic mass is 16.2. The van der Waals surface area contributed by atoms with Gasteiger partial charge in [-0.05, 0) is 68.1 Å². The molecule has 0 aliphatic heterocycles. The largest absolute Gasteiger partial charge is 0.330 e. The number of benzene rings is 3. The highest BCUT2D eigenvalue weighted by Crippen LogP contribution is 2.22. The Bertz CT molecular complexity index is 1020. The lowest BCUT2D eigenvalue weighted by Crippen LogP contribution is -2.45. The van der Waals surface area contributed by atoms with Gasteiger partial charge < -0.3 is 21.7 Å². The summed E-state index contributed by atoms with van der Waals surface area (Å²) in [6, 6.07) is 24.0. The van der Waals surface area contributed by atoms with E-state index in [0.717, 1.165) is 29.5 Å². The van der Waals surface area contributed by atoms with Gasteiger partial charge in [-0.2, -0.15) is 0 Å². The molecule has 3 rings (SSSR count). The molecule has 3 aromatic carbocycles. The van der Waals surface area contributed by atoms with Crippen molar-refractivity contribution >= 4 is 23.3 Å². The van der Waals surface area contributed by atoms with E-state index in [1.54, 1.807) is 0 Å². The lowest BCUT2D eigenvalue weighted by Gasteiger charge is -2.19. The first kappa shape index (κ1) is 23.0. The molecule has 0 saturated heterocycles. The zero-order valence-electron chi connectivity index (χ0n) is 18.3. The Hall–Kier alpha value is -3.64. The molecule has 0 fully saturated rings. The zero-order chi connectivity index (χ0) is 22.8. The minimum atomic E-state index is -0.667. The summed E-state index contributed by atoms with van der Waals surface area (Å²) in [5, 5.41) is 8.54. The summed E-state index contributed by atoms with van der Waals surface area (Å²) in [6.07, 6.45) is 2.04. The predicted molar refractivity (Wildman–Crippen MR) is 131 cm³/mol. The van der Waals surface area contributed by atoms with E-state index < -0.39 is 12.1 Å². The number of aryl methyl sites for hydroxylation is 1. The monoisotopic (exact) mass is 430 g/mol. The van der Waals surface area contributed by atoms with Gasteiger partial charge in [-0.3, -0.25) is 4.79 Å². The SMILES string of the molecule is Cc1ccc(NC(=O)[C@H](CCCCN)NC(=O)Nc2cccc(-c3ccccc3)c2)cc1. The van der Waals surface area contributed by atoms with Crippen LogP contribution in [0.15, 0.2) is 78.9 Å². The molecule has 166 valence electrons. The second-order valence-corrected chi connectivity index (χ2v) is 7.74. The molecule has 3 aromatic rings. The van der Waals surface area contributed by atoms with E-state index >= 15 is 0 Å². The van der Waals surface area contributed by atoms with E-state index in [1.165, 1.54) is 0 Å². The van der Waals surface area contributed by atoms with Crippen molar-refractivity contribution in [3.63, 3.8) is 0 Å². The quantitative estimate of drug-likeness (QED) is 0.363. The molecule has 5 N–H and O–H groups in total. The molecule has 0 aliphatic rings. The average Bonchev–Trinajstić information content (AvgIpc) is 2.81.